The summed E-state index contributed by atoms with van der Waals surface area (Å²) in [5.41, 5.74) is 0.897. The van der Waals surface area contributed by atoms with Gasteiger partial charge in [-0.25, -0.2) is 4.79 Å². The Morgan fingerprint density at radius 2 is 1.69 bits per heavy atom. The summed E-state index contributed by atoms with van der Waals surface area (Å²) in [4.78, 5) is 29.1. The fourth-order valence-corrected chi connectivity index (χ4v) is 6.60. The first-order valence-electron chi connectivity index (χ1n) is 12.1. The minimum absolute atomic E-state index is 0.0348. The number of hydrogen-bond donors (Lipinski definition) is 1. The second kappa shape index (κ2) is 9.82. The summed E-state index contributed by atoms with van der Waals surface area (Å²) in [6.07, 6.45) is 8.22. The monoisotopic (exact) mass is 463 g/mol. The van der Waals surface area contributed by atoms with Crippen molar-refractivity contribution in [2.75, 3.05) is 24.9 Å². The van der Waals surface area contributed by atoms with E-state index < -0.39 is 5.97 Å². The van der Waals surface area contributed by atoms with E-state index in [0.717, 1.165) is 56.2 Å². The van der Waals surface area contributed by atoms with E-state index >= 15 is 0 Å². The molecule has 2 heterocycles. The molecule has 0 aromatic carbocycles. The van der Waals surface area contributed by atoms with Gasteiger partial charge in [0.1, 0.15) is 11.7 Å². The highest BCUT2D eigenvalue weighted by Crippen LogP contribution is 2.46. The van der Waals surface area contributed by atoms with Crippen LogP contribution in [0.15, 0.2) is 6.07 Å². The minimum Gasteiger partial charge on any atom is -0.477 e. The zero-order chi connectivity index (χ0) is 22.9. The summed E-state index contributed by atoms with van der Waals surface area (Å²) in [6, 6.07) is 1.70. The maximum Gasteiger partial charge on any atom is 0.348 e. The molecule has 2 aliphatic carbocycles. The number of nitrogens with zero attached hydrogens (tertiary/aromatic N) is 1. The Labute approximate surface area is 195 Å². The summed E-state index contributed by atoms with van der Waals surface area (Å²) >= 11 is 1.36. The number of aromatic carboxylic acids is 1. The number of thiophene rings is 1. The quantitative estimate of drug-likeness (QED) is 0.609. The predicted molar refractivity (Wildman–Crippen MR) is 125 cm³/mol. The molecule has 0 atom stereocenters. The summed E-state index contributed by atoms with van der Waals surface area (Å²) in [5, 5.41) is 10.0. The zero-order valence-electron chi connectivity index (χ0n) is 19.6. The summed E-state index contributed by atoms with van der Waals surface area (Å²) in [5.74, 6) is 0.0271. The first-order chi connectivity index (χ1) is 15.2. The lowest BCUT2D eigenvalue weighted by molar-refractivity contribution is -0.131. The van der Waals surface area contributed by atoms with Gasteiger partial charge in [0.2, 0.25) is 5.91 Å². The molecule has 1 aromatic heterocycles. The summed E-state index contributed by atoms with van der Waals surface area (Å²) < 4.78 is 11.1. The molecule has 6 nitrogen and oxygen atoms in total. The number of rotatable bonds is 5. The summed E-state index contributed by atoms with van der Waals surface area (Å²) in [6.45, 7) is 7.81. The number of anilines is 1. The highest BCUT2D eigenvalue weighted by molar-refractivity contribution is 7.14. The molecule has 1 aromatic rings. The maximum absolute atomic E-state index is 13.8. The van der Waals surface area contributed by atoms with Gasteiger partial charge in [-0.15, -0.1) is 11.3 Å². The number of carboxylic acid groups (broad SMARTS) is 1. The molecule has 7 heteroatoms. The lowest BCUT2D eigenvalue weighted by Crippen LogP contribution is -2.51. The van der Waals surface area contributed by atoms with Crippen LogP contribution in [0.1, 0.15) is 92.6 Å². The van der Waals surface area contributed by atoms with Gasteiger partial charge in [0.05, 0.1) is 24.9 Å². The smallest absolute Gasteiger partial charge is 0.348 e. The van der Waals surface area contributed by atoms with Crippen LogP contribution in [-0.4, -0.2) is 43.0 Å². The largest absolute Gasteiger partial charge is 0.477 e. The van der Waals surface area contributed by atoms with Crippen molar-refractivity contribution in [2.45, 2.75) is 84.1 Å². The van der Waals surface area contributed by atoms with Gasteiger partial charge in [0, 0.05) is 10.8 Å². The van der Waals surface area contributed by atoms with Crippen LogP contribution in [0.4, 0.5) is 5.69 Å². The van der Waals surface area contributed by atoms with Crippen molar-refractivity contribution in [1.82, 2.24) is 0 Å². The van der Waals surface area contributed by atoms with Crippen molar-refractivity contribution in [3.05, 3.63) is 15.8 Å². The van der Waals surface area contributed by atoms with Crippen molar-refractivity contribution < 1.29 is 24.2 Å². The Morgan fingerprint density at radius 1 is 1.06 bits per heavy atom. The van der Waals surface area contributed by atoms with E-state index in [1.165, 1.54) is 11.3 Å². The zero-order valence-corrected chi connectivity index (χ0v) is 20.4. The first kappa shape index (κ1) is 23.7. The third kappa shape index (κ3) is 5.20. The Kier molecular flexibility index (Phi) is 7.27. The molecule has 2 saturated carbocycles. The molecule has 0 radical (unpaired) electrons. The third-order valence-electron chi connectivity index (χ3n) is 7.68. The van der Waals surface area contributed by atoms with Crippen molar-refractivity contribution in [2.24, 2.45) is 17.3 Å². The maximum atomic E-state index is 13.8. The van der Waals surface area contributed by atoms with E-state index in [9.17, 15) is 14.7 Å². The Hall–Kier alpha value is -1.44. The van der Waals surface area contributed by atoms with Crippen molar-refractivity contribution in [3.8, 4) is 0 Å². The van der Waals surface area contributed by atoms with Gasteiger partial charge in [-0.2, -0.15) is 0 Å². The van der Waals surface area contributed by atoms with Crippen LogP contribution in [0.25, 0.3) is 0 Å². The molecule has 32 heavy (non-hydrogen) atoms. The highest BCUT2D eigenvalue weighted by atomic mass is 32.1. The minimum atomic E-state index is -0.958. The lowest BCUT2D eigenvalue weighted by Gasteiger charge is -2.37. The van der Waals surface area contributed by atoms with E-state index in [1.54, 1.807) is 4.90 Å². The molecule has 0 bridgehead atoms. The number of amides is 1. The normalized spacial score (nSPS) is 27.2. The molecule has 3 aliphatic rings. The van der Waals surface area contributed by atoms with Crippen LogP contribution >= 0.6 is 11.3 Å². The molecule has 1 saturated heterocycles. The van der Waals surface area contributed by atoms with Gasteiger partial charge in [-0.1, -0.05) is 20.8 Å². The molecule has 3 fully saturated rings. The second-order valence-electron chi connectivity index (χ2n) is 10.8. The van der Waals surface area contributed by atoms with Gasteiger partial charge in [-0.05, 0) is 74.7 Å². The molecular formula is C25H37NO5S. The van der Waals surface area contributed by atoms with E-state index in [-0.39, 0.29) is 29.5 Å². The highest BCUT2D eigenvalue weighted by Gasteiger charge is 2.38. The average molecular weight is 464 g/mol. The fraction of sp³-hybridized carbons (Fsp3) is 0.760. The second-order valence-corrected chi connectivity index (χ2v) is 11.9. The number of carbonyl (C=O) groups is 2. The molecular weight excluding hydrogens is 426 g/mol. The van der Waals surface area contributed by atoms with Crippen molar-refractivity contribution in [1.29, 1.82) is 0 Å². The Bertz CT molecular complexity index is 810. The van der Waals surface area contributed by atoms with Gasteiger partial charge >= 0.3 is 5.97 Å². The van der Waals surface area contributed by atoms with Crippen molar-refractivity contribution in [3.63, 3.8) is 0 Å². The molecule has 178 valence electrons. The fourth-order valence-electron chi connectivity index (χ4n) is 5.44. The van der Waals surface area contributed by atoms with E-state index in [0.29, 0.717) is 36.2 Å². The van der Waals surface area contributed by atoms with E-state index in [1.807, 2.05) is 6.07 Å². The van der Waals surface area contributed by atoms with Gasteiger partial charge in [0.15, 0.2) is 0 Å². The van der Waals surface area contributed by atoms with Gasteiger partial charge in [-0.3, -0.25) is 4.79 Å². The van der Waals surface area contributed by atoms with E-state index in [2.05, 4.69) is 20.8 Å². The topological polar surface area (TPSA) is 76.1 Å². The molecule has 1 N–H and O–H groups in total. The van der Waals surface area contributed by atoms with Gasteiger partial charge in [0.25, 0.3) is 0 Å². The van der Waals surface area contributed by atoms with Crippen LogP contribution in [0.2, 0.25) is 0 Å². The summed E-state index contributed by atoms with van der Waals surface area (Å²) in [7, 11) is 0. The number of carboxylic acids is 1. The number of ether oxygens (including phenoxy) is 2. The predicted octanol–water partition coefficient (Wildman–Crippen LogP) is 5.66. The molecule has 1 amide bonds. The van der Waals surface area contributed by atoms with Crippen LogP contribution in [-0.2, 0) is 14.3 Å². The van der Waals surface area contributed by atoms with Crippen molar-refractivity contribution >= 4 is 28.9 Å². The van der Waals surface area contributed by atoms with Crippen LogP contribution in [0.3, 0.4) is 0 Å². The molecule has 4 rings (SSSR count). The van der Waals surface area contributed by atoms with Gasteiger partial charge < -0.3 is 19.5 Å². The average Bonchev–Trinajstić information content (AvgIpc) is 3.20. The Balaban J connectivity index is 1.65. The van der Waals surface area contributed by atoms with Crippen LogP contribution in [0.5, 0.6) is 0 Å². The first-order valence-corrected chi connectivity index (χ1v) is 12.9. The van der Waals surface area contributed by atoms with E-state index in [4.69, 9.17) is 9.47 Å². The lowest BCUT2D eigenvalue weighted by atomic mass is 9.73. The molecule has 0 spiro atoms. The Morgan fingerprint density at radius 3 is 2.28 bits per heavy atom. The standard InChI is InChI=1S/C25H37NO5S/c1-16-4-6-18(7-5-16)23(27)26(19-13-30-15-31-14-19)20-12-21(32-22(20)24(28)29)17-8-10-25(2,3)11-9-17/h12,16-19H,4-11,13-15H2,1-3H3,(H,28,29)/t16-,18-. The number of hydrogen-bond acceptors (Lipinski definition) is 5. The SMILES string of the molecule is CC1(C)CCC(c2cc(N(C(=O)[C@H]3CC[C@H](C)CC3)C3COCOC3)c(C(=O)O)s2)CC1. The molecule has 0 unspecified atom stereocenters. The number of carbonyl (C=O) groups excluding carboxylic acids is 1. The molecule has 1 aliphatic heterocycles. The van der Waals surface area contributed by atoms with Crippen LogP contribution < -0.4 is 4.90 Å². The third-order valence-corrected chi connectivity index (χ3v) is 8.96. The van der Waals surface area contributed by atoms with Crippen LogP contribution in [0, 0.1) is 17.3 Å².